The fourth-order valence-electron chi connectivity index (χ4n) is 3.11. The summed E-state index contributed by atoms with van der Waals surface area (Å²) in [5.41, 5.74) is 2.28. The Balaban J connectivity index is 2.10. The van der Waals surface area contributed by atoms with Crippen molar-refractivity contribution in [2.75, 3.05) is 13.2 Å². The van der Waals surface area contributed by atoms with E-state index >= 15 is 0 Å². The highest BCUT2D eigenvalue weighted by Gasteiger charge is 2.31. The molecular formula is C17H26FNO. The van der Waals surface area contributed by atoms with Crippen LogP contribution in [0, 0.1) is 18.7 Å². The standard InChI is InChI=1S/C17H26FNO/c1-4-8-19-17(16-7-9-20-13(16)3)11-14-5-6-15(18)10-12(14)2/h5-6,10,13,16-17,19H,4,7-9,11H2,1-3H3. The molecule has 1 aliphatic heterocycles. The lowest BCUT2D eigenvalue weighted by molar-refractivity contribution is 0.0953. The Morgan fingerprint density at radius 2 is 2.25 bits per heavy atom. The molecule has 0 radical (unpaired) electrons. The summed E-state index contributed by atoms with van der Waals surface area (Å²) in [5, 5.41) is 3.66. The average molecular weight is 279 g/mol. The van der Waals surface area contributed by atoms with Gasteiger partial charge in [0.25, 0.3) is 0 Å². The van der Waals surface area contributed by atoms with E-state index < -0.39 is 0 Å². The van der Waals surface area contributed by atoms with Crippen LogP contribution in [0.2, 0.25) is 0 Å². The molecule has 112 valence electrons. The molecule has 3 unspecified atom stereocenters. The number of hydrogen-bond donors (Lipinski definition) is 1. The van der Waals surface area contributed by atoms with Crippen LogP contribution in [0.25, 0.3) is 0 Å². The zero-order valence-corrected chi connectivity index (χ0v) is 12.8. The topological polar surface area (TPSA) is 21.3 Å². The molecular weight excluding hydrogens is 253 g/mol. The maximum absolute atomic E-state index is 13.2. The van der Waals surface area contributed by atoms with Crippen LogP contribution in [0.4, 0.5) is 4.39 Å². The van der Waals surface area contributed by atoms with E-state index in [0.29, 0.717) is 18.1 Å². The molecule has 1 heterocycles. The number of ether oxygens (including phenoxy) is 1. The summed E-state index contributed by atoms with van der Waals surface area (Å²) < 4.78 is 18.9. The second kappa shape index (κ2) is 7.19. The van der Waals surface area contributed by atoms with Crippen LogP contribution in [-0.4, -0.2) is 25.3 Å². The van der Waals surface area contributed by atoms with Gasteiger partial charge in [-0.1, -0.05) is 13.0 Å². The van der Waals surface area contributed by atoms with E-state index in [2.05, 4.69) is 19.2 Å². The lowest BCUT2D eigenvalue weighted by atomic mass is 9.87. The van der Waals surface area contributed by atoms with Crippen molar-refractivity contribution < 1.29 is 9.13 Å². The Kier molecular flexibility index (Phi) is 5.55. The molecule has 0 saturated carbocycles. The smallest absolute Gasteiger partial charge is 0.123 e. The number of benzene rings is 1. The first-order valence-electron chi connectivity index (χ1n) is 7.71. The van der Waals surface area contributed by atoms with E-state index in [1.54, 1.807) is 12.1 Å². The fraction of sp³-hybridized carbons (Fsp3) is 0.647. The van der Waals surface area contributed by atoms with Gasteiger partial charge in [-0.15, -0.1) is 0 Å². The van der Waals surface area contributed by atoms with E-state index in [1.165, 1.54) is 5.56 Å². The number of aryl methyl sites for hydroxylation is 1. The molecule has 1 N–H and O–H groups in total. The second-order valence-corrected chi connectivity index (χ2v) is 5.86. The SMILES string of the molecule is CCCNC(Cc1ccc(F)cc1C)C1CCOC1C. The van der Waals surface area contributed by atoms with E-state index in [0.717, 1.165) is 38.0 Å². The van der Waals surface area contributed by atoms with E-state index in [-0.39, 0.29) is 5.82 Å². The number of nitrogens with one attached hydrogen (secondary N) is 1. The summed E-state index contributed by atoms with van der Waals surface area (Å²) in [6.07, 6.45) is 3.50. The predicted octanol–water partition coefficient (Wildman–Crippen LogP) is 3.47. The minimum absolute atomic E-state index is 0.151. The lowest BCUT2D eigenvalue weighted by Crippen LogP contribution is -2.41. The van der Waals surface area contributed by atoms with E-state index in [1.807, 2.05) is 13.0 Å². The minimum Gasteiger partial charge on any atom is -0.378 e. The Hall–Kier alpha value is -0.930. The van der Waals surface area contributed by atoms with Crippen molar-refractivity contribution in [3.05, 3.63) is 35.1 Å². The van der Waals surface area contributed by atoms with Gasteiger partial charge >= 0.3 is 0 Å². The molecule has 1 aromatic rings. The molecule has 20 heavy (non-hydrogen) atoms. The van der Waals surface area contributed by atoms with Crippen molar-refractivity contribution in [3.63, 3.8) is 0 Å². The van der Waals surface area contributed by atoms with Crippen LogP contribution in [-0.2, 0) is 11.2 Å². The summed E-state index contributed by atoms with van der Waals surface area (Å²) in [6, 6.07) is 5.52. The van der Waals surface area contributed by atoms with Crippen LogP contribution < -0.4 is 5.32 Å². The van der Waals surface area contributed by atoms with Crippen molar-refractivity contribution in [3.8, 4) is 0 Å². The van der Waals surface area contributed by atoms with Crippen molar-refractivity contribution in [1.29, 1.82) is 0 Å². The third-order valence-electron chi connectivity index (χ3n) is 4.35. The molecule has 1 fully saturated rings. The summed E-state index contributed by atoms with van der Waals surface area (Å²) in [6.45, 7) is 8.22. The van der Waals surface area contributed by atoms with Crippen molar-refractivity contribution >= 4 is 0 Å². The van der Waals surface area contributed by atoms with Gasteiger partial charge in [0.1, 0.15) is 5.82 Å². The van der Waals surface area contributed by atoms with Gasteiger partial charge in [-0.25, -0.2) is 4.39 Å². The molecule has 3 atom stereocenters. The molecule has 0 bridgehead atoms. The van der Waals surface area contributed by atoms with Gasteiger partial charge in [0.05, 0.1) is 6.10 Å². The van der Waals surface area contributed by atoms with Gasteiger partial charge in [-0.05, 0) is 62.9 Å². The predicted molar refractivity (Wildman–Crippen MR) is 80.4 cm³/mol. The van der Waals surface area contributed by atoms with Crippen LogP contribution in [0.1, 0.15) is 37.8 Å². The highest BCUT2D eigenvalue weighted by molar-refractivity contribution is 5.27. The number of halogens is 1. The van der Waals surface area contributed by atoms with Gasteiger partial charge < -0.3 is 10.1 Å². The maximum atomic E-state index is 13.2. The number of hydrogen-bond acceptors (Lipinski definition) is 2. The van der Waals surface area contributed by atoms with E-state index in [4.69, 9.17) is 4.74 Å². The summed E-state index contributed by atoms with van der Waals surface area (Å²) in [7, 11) is 0. The van der Waals surface area contributed by atoms with Crippen LogP contribution in [0.5, 0.6) is 0 Å². The molecule has 2 rings (SSSR count). The van der Waals surface area contributed by atoms with E-state index in [9.17, 15) is 4.39 Å². The molecule has 2 nitrogen and oxygen atoms in total. The average Bonchev–Trinajstić information content (AvgIpc) is 2.83. The zero-order chi connectivity index (χ0) is 14.5. The molecule has 0 spiro atoms. The van der Waals surface area contributed by atoms with Gasteiger partial charge in [-0.3, -0.25) is 0 Å². The number of rotatable bonds is 6. The minimum atomic E-state index is -0.151. The van der Waals surface area contributed by atoms with Crippen LogP contribution in [0.15, 0.2) is 18.2 Å². The van der Waals surface area contributed by atoms with Gasteiger partial charge in [0, 0.05) is 18.6 Å². The second-order valence-electron chi connectivity index (χ2n) is 5.86. The molecule has 1 aliphatic rings. The summed E-state index contributed by atoms with van der Waals surface area (Å²) >= 11 is 0. The molecule has 3 heteroatoms. The lowest BCUT2D eigenvalue weighted by Gasteiger charge is -2.27. The molecule has 1 aromatic carbocycles. The van der Waals surface area contributed by atoms with Gasteiger partial charge in [-0.2, -0.15) is 0 Å². The zero-order valence-electron chi connectivity index (χ0n) is 12.8. The highest BCUT2D eigenvalue weighted by Crippen LogP contribution is 2.27. The van der Waals surface area contributed by atoms with Gasteiger partial charge in [0.2, 0.25) is 0 Å². The first-order chi connectivity index (χ1) is 9.61. The molecule has 0 aliphatic carbocycles. The monoisotopic (exact) mass is 279 g/mol. The first-order valence-corrected chi connectivity index (χ1v) is 7.71. The highest BCUT2D eigenvalue weighted by atomic mass is 19.1. The Bertz CT molecular complexity index is 435. The molecule has 0 aromatic heterocycles. The third kappa shape index (κ3) is 3.80. The maximum Gasteiger partial charge on any atom is 0.123 e. The van der Waals surface area contributed by atoms with Crippen LogP contribution in [0.3, 0.4) is 0 Å². The van der Waals surface area contributed by atoms with Crippen molar-refractivity contribution in [2.24, 2.45) is 5.92 Å². The normalized spacial score (nSPS) is 24.0. The quantitative estimate of drug-likeness (QED) is 0.861. The van der Waals surface area contributed by atoms with Crippen molar-refractivity contribution in [2.45, 2.75) is 52.2 Å². The van der Waals surface area contributed by atoms with Crippen molar-refractivity contribution in [1.82, 2.24) is 5.32 Å². The Morgan fingerprint density at radius 1 is 1.45 bits per heavy atom. The fourth-order valence-corrected chi connectivity index (χ4v) is 3.11. The van der Waals surface area contributed by atoms with Gasteiger partial charge in [0.15, 0.2) is 0 Å². The Labute approximate surface area is 121 Å². The Morgan fingerprint density at radius 3 is 2.85 bits per heavy atom. The summed E-state index contributed by atoms with van der Waals surface area (Å²) in [5.74, 6) is 0.396. The first kappa shape index (κ1) is 15.5. The summed E-state index contributed by atoms with van der Waals surface area (Å²) in [4.78, 5) is 0. The third-order valence-corrected chi connectivity index (χ3v) is 4.35. The largest absolute Gasteiger partial charge is 0.378 e. The molecule has 0 amide bonds. The van der Waals surface area contributed by atoms with Crippen LogP contribution >= 0.6 is 0 Å². The molecule has 1 saturated heterocycles.